The van der Waals surface area contributed by atoms with Crippen LogP contribution in [0.25, 0.3) is 0 Å². The van der Waals surface area contributed by atoms with Crippen LogP contribution in [-0.2, 0) is 4.74 Å². The maximum Gasteiger partial charge on any atom is 0.168 e. The van der Waals surface area contributed by atoms with Crippen molar-refractivity contribution in [1.82, 2.24) is 0 Å². The number of ether oxygens (including phenoxy) is 1. The minimum absolute atomic E-state index is 0.0300. The van der Waals surface area contributed by atoms with Gasteiger partial charge < -0.3 is 10.5 Å². The molecule has 0 spiro atoms. The molecule has 1 atom stereocenters. The van der Waals surface area contributed by atoms with Crippen LogP contribution in [-0.4, -0.2) is 19.0 Å². The molecule has 3 nitrogen and oxygen atoms in total. The molecule has 0 radical (unpaired) electrons. The molecule has 0 amide bonds. The molecule has 1 saturated heterocycles. The Morgan fingerprint density at radius 1 is 1.33 bits per heavy atom. The lowest BCUT2D eigenvalue weighted by Gasteiger charge is -2.20. The van der Waals surface area contributed by atoms with Crippen LogP contribution in [0, 0.1) is 5.92 Å². The highest BCUT2D eigenvalue weighted by molar-refractivity contribution is 5.98. The molecule has 2 N–H and O–H groups in total. The van der Waals surface area contributed by atoms with Crippen LogP contribution >= 0.6 is 0 Å². The number of nitrogen functional groups attached to an aromatic ring is 1. The van der Waals surface area contributed by atoms with E-state index >= 15 is 0 Å². The minimum atomic E-state index is 0.0300. The van der Waals surface area contributed by atoms with E-state index in [4.69, 9.17) is 10.5 Å². The van der Waals surface area contributed by atoms with E-state index in [9.17, 15) is 4.79 Å². The predicted octanol–water partition coefficient (Wildman–Crippen LogP) is 1.88. The molecule has 2 rings (SSSR count). The second-order valence-corrected chi connectivity index (χ2v) is 3.90. The molecule has 80 valence electrons. The van der Waals surface area contributed by atoms with Crippen molar-refractivity contribution in [3.05, 3.63) is 29.8 Å². The van der Waals surface area contributed by atoms with Crippen molar-refractivity contribution in [2.45, 2.75) is 12.8 Å². The summed E-state index contributed by atoms with van der Waals surface area (Å²) in [5.74, 6) is 0.206. The number of ketones is 1. The zero-order valence-electron chi connectivity index (χ0n) is 8.61. The second-order valence-electron chi connectivity index (χ2n) is 3.90. The normalized spacial score (nSPS) is 21.2. The number of hydrogen-bond acceptors (Lipinski definition) is 3. The molecule has 1 aromatic carbocycles. The molecule has 1 unspecified atom stereocenters. The summed E-state index contributed by atoms with van der Waals surface area (Å²) in [7, 11) is 0. The predicted molar refractivity (Wildman–Crippen MR) is 58.7 cm³/mol. The summed E-state index contributed by atoms with van der Waals surface area (Å²) in [5.41, 5.74) is 6.99. The quantitative estimate of drug-likeness (QED) is 0.592. The van der Waals surface area contributed by atoms with E-state index in [2.05, 4.69) is 0 Å². The van der Waals surface area contributed by atoms with Crippen LogP contribution in [0.3, 0.4) is 0 Å². The highest BCUT2D eigenvalue weighted by Gasteiger charge is 2.22. The Kier molecular flexibility index (Phi) is 3.02. The van der Waals surface area contributed by atoms with Crippen molar-refractivity contribution < 1.29 is 9.53 Å². The van der Waals surface area contributed by atoms with Gasteiger partial charge in [-0.1, -0.05) is 0 Å². The lowest BCUT2D eigenvalue weighted by Crippen LogP contribution is -2.25. The smallest absolute Gasteiger partial charge is 0.168 e. The van der Waals surface area contributed by atoms with Crippen LogP contribution < -0.4 is 5.73 Å². The third kappa shape index (κ3) is 2.36. The van der Waals surface area contributed by atoms with Crippen LogP contribution in [0.2, 0.25) is 0 Å². The minimum Gasteiger partial charge on any atom is -0.399 e. The van der Waals surface area contributed by atoms with Gasteiger partial charge in [0.05, 0.1) is 6.61 Å². The van der Waals surface area contributed by atoms with Gasteiger partial charge in [-0.2, -0.15) is 0 Å². The van der Waals surface area contributed by atoms with Crippen LogP contribution in [0.4, 0.5) is 5.69 Å². The lowest BCUT2D eigenvalue weighted by molar-refractivity contribution is 0.0461. The average Bonchev–Trinajstić information content (AvgIpc) is 2.30. The van der Waals surface area contributed by atoms with Gasteiger partial charge >= 0.3 is 0 Å². The number of anilines is 1. The standard InChI is InChI=1S/C12H15NO2/c13-11-5-3-9(4-6-11)12(14)10-2-1-7-15-8-10/h3-6,10H,1-2,7-8,13H2. The van der Waals surface area contributed by atoms with Gasteiger partial charge in [-0.3, -0.25) is 4.79 Å². The van der Waals surface area contributed by atoms with E-state index in [0.717, 1.165) is 25.0 Å². The first-order valence-corrected chi connectivity index (χ1v) is 5.25. The Bertz CT molecular complexity index is 339. The first-order valence-electron chi connectivity index (χ1n) is 5.25. The molecule has 0 saturated carbocycles. The first-order chi connectivity index (χ1) is 7.27. The summed E-state index contributed by atoms with van der Waals surface area (Å²) >= 11 is 0. The van der Waals surface area contributed by atoms with Gasteiger partial charge in [-0.05, 0) is 37.1 Å². The molecule has 1 aliphatic rings. The van der Waals surface area contributed by atoms with Crippen molar-refractivity contribution in [1.29, 1.82) is 0 Å². The summed E-state index contributed by atoms with van der Waals surface area (Å²) in [5, 5.41) is 0. The Morgan fingerprint density at radius 3 is 2.67 bits per heavy atom. The van der Waals surface area contributed by atoms with Gasteiger partial charge in [0.2, 0.25) is 0 Å². The summed E-state index contributed by atoms with van der Waals surface area (Å²) in [6, 6.07) is 7.09. The zero-order chi connectivity index (χ0) is 10.7. The van der Waals surface area contributed by atoms with Crippen LogP contribution in [0.1, 0.15) is 23.2 Å². The fourth-order valence-electron chi connectivity index (χ4n) is 1.83. The third-order valence-corrected chi connectivity index (χ3v) is 2.73. The van der Waals surface area contributed by atoms with E-state index in [1.54, 1.807) is 24.3 Å². The van der Waals surface area contributed by atoms with Gasteiger partial charge in [-0.25, -0.2) is 0 Å². The lowest BCUT2D eigenvalue weighted by atomic mass is 9.93. The molecule has 0 bridgehead atoms. The van der Waals surface area contributed by atoms with Crippen molar-refractivity contribution in [2.75, 3.05) is 18.9 Å². The van der Waals surface area contributed by atoms with Crippen molar-refractivity contribution >= 4 is 11.5 Å². The van der Waals surface area contributed by atoms with E-state index < -0.39 is 0 Å². The second kappa shape index (κ2) is 4.45. The Hall–Kier alpha value is -1.35. The number of rotatable bonds is 2. The Balaban J connectivity index is 2.09. The maximum atomic E-state index is 12.0. The zero-order valence-corrected chi connectivity index (χ0v) is 8.61. The molecule has 0 aliphatic carbocycles. The molecular formula is C12H15NO2. The van der Waals surface area contributed by atoms with E-state index in [-0.39, 0.29) is 11.7 Å². The fourth-order valence-corrected chi connectivity index (χ4v) is 1.83. The molecule has 0 aromatic heterocycles. The number of Topliss-reactive ketones (excluding diaryl/α,β-unsaturated/α-hetero) is 1. The van der Waals surface area contributed by atoms with Crippen molar-refractivity contribution in [3.8, 4) is 0 Å². The van der Waals surface area contributed by atoms with Crippen molar-refractivity contribution in [3.63, 3.8) is 0 Å². The van der Waals surface area contributed by atoms with Gasteiger partial charge in [-0.15, -0.1) is 0 Å². The highest BCUT2D eigenvalue weighted by atomic mass is 16.5. The molecule has 1 aliphatic heterocycles. The summed E-state index contributed by atoms with van der Waals surface area (Å²) in [6.07, 6.45) is 1.91. The number of carbonyl (C=O) groups excluding carboxylic acids is 1. The Labute approximate surface area is 89.2 Å². The topological polar surface area (TPSA) is 52.3 Å². The Morgan fingerprint density at radius 2 is 2.07 bits per heavy atom. The molecule has 3 heteroatoms. The molecule has 1 aromatic rings. The molecule has 1 heterocycles. The van der Waals surface area contributed by atoms with E-state index in [1.807, 2.05) is 0 Å². The van der Waals surface area contributed by atoms with Gasteiger partial charge in [0, 0.05) is 23.8 Å². The molecular weight excluding hydrogens is 190 g/mol. The monoisotopic (exact) mass is 205 g/mol. The SMILES string of the molecule is Nc1ccc(C(=O)C2CCCOC2)cc1. The summed E-state index contributed by atoms with van der Waals surface area (Å²) in [4.78, 5) is 12.0. The first kappa shape index (κ1) is 10.2. The largest absolute Gasteiger partial charge is 0.399 e. The third-order valence-electron chi connectivity index (χ3n) is 2.73. The summed E-state index contributed by atoms with van der Waals surface area (Å²) in [6.45, 7) is 1.34. The molecule has 1 fully saturated rings. The summed E-state index contributed by atoms with van der Waals surface area (Å²) < 4.78 is 5.30. The van der Waals surface area contributed by atoms with E-state index in [1.165, 1.54) is 0 Å². The average molecular weight is 205 g/mol. The maximum absolute atomic E-state index is 12.0. The van der Waals surface area contributed by atoms with E-state index in [0.29, 0.717) is 12.3 Å². The van der Waals surface area contributed by atoms with Crippen LogP contribution in [0.5, 0.6) is 0 Å². The van der Waals surface area contributed by atoms with Gasteiger partial charge in [0.25, 0.3) is 0 Å². The number of carbonyl (C=O) groups is 1. The number of benzene rings is 1. The number of nitrogens with two attached hydrogens (primary N) is 1. The van der Waals surface area contributed by atoms with Crippen LogP contribution in [0.15, 0.2) is 24.3 Å². The van der Waals surface area contributed by atoms with Gasteiger partial charge in [0.1, 0.15) is 0 Å². The fraction of sp³-hybridized carbons (Fsp3) is 0.417. The van der Waals surface area contributed by atoms with Crippen molar-refractivity contribution in [2.24, 2.45) is 5.92 Å². The number of hydrogen-bond donors (Lipinski definition) is 1. The van der Waals surface area contributed by atoms with Gasteiger partial charge in [0.15, 0.2) is 5.78 Å². The molecule has 15 heavy (non-hydrogen) atoms. The highest BCUT2D eigenvalue weighted by Crippen LogP contribution is 2.19.